The number of pyridine rings is 2. The second-order valence-corrected chi connectivity index (χ2v) is 12.7. The number of para-hydroxylation sites is 4. The van der Waals surface area contributed by atoms with Crippen LogP contribution in [-0.4, -0.2) is 62.9 Å². The van der Waals surface area contributed by atoms with Crippen LogP contribution < -0.4 is 24.8 Å². The van der Waals surface area contributed by atoms with E-state index >= 15 is 0 Å². The molecule has 0 unspecified atom stereocenters. The third-order valence-corrected chi connectivity index (χ3v) is 8.85. The van der Waals surface area contributed by atoms with Crippen LogP contribution in [0.25, 0.3) is 22.3 Å². The Kier molecular flexibility index (Phi) is 11.3. The van der Waals surface area contributed by atoms with Gasteiger partial charge in [-0.2, -0.15) is 26.3 Å². The van der Waals surface area contributed by atoms with Gasteiger partial charge in [-0.1, -0.05) is 24.3 Å². The lowest BCUT2D eigenvalue weighted by Gasteiger charge is -2.19. The molecule has 15 nitrogen and oxygen atoms in total. The minimum absolute atomic E-state index is 0.0227. The molecule has 2 aromatic carbocycles. The Morgan fingerprint density at radius 2 is 0.820 bits per heavy atom. The summed E-state index contributed by atoms with van der Waals surface area (Å²) in [5, 5.41) is 5.99. The SMILES string of the molecule is FC(F)(F)c1ccnc(Oc2ccccc2Oc2ccccc2Oc2nccc(C(F)(F)F)c2CCNc2ncnc3nccnc23)c1CCNc1ncnc2nccnc12. The number of fused-ring (bicyclic) bond motifs is 2. The van der Waals surface area contributed by atoms with Gasteiger partial charge in [0.1, 0.15) is 23.7 Å². The summed E-state index contributed by atoms with van der Waals surface area (Å²) >= 11 is 0. The molecule has 21 heteroatoms. The van der Waals surface area contributed by atoms with Crippen molar-refractivity contribution in [3.8, 4) is 34.8 Å². The molecule has 6 aromatic heterocycles. The number of rotatable bonds is 14. The van der Waals surface area contributed by atoms with Gasteiger partial charge in [0.05, 0.1) is 11.1 Å². The fourth-order valence-electron chi connectivity index (χ4n) is 6.16. The van der Waals surface area contributed by atoms with Crippen molar-refractivity contribution < 1.29 is 40.6 Å². The van der Waals surface area contributed by atoms with Crippen LogP contribution in [0.1, 0.15) is 22.3 Å². The maximum atomic E-state index is 14.4. The number of anilines is 2. The van der Waals surface area contributed by atoms with Crippen molar-refractivity contribution in [3.05, 3.63) is 133 Å². The minimum atomic E-state index is -4.76. The molecular weight excluding hydrogens is 811 g/mol. The van der Waals surface area contributed by atoms with E-state index in [1.54, 1.807) is 24.3 Å². The summed E-state index contributed by atoms with van der Waals surface area (Å²) in [7, 11) is 0. The van der Waals surface area contributed by atoms with Gasteiger partial charge >= 0.3 is 12.4 Å². The third kappa shape index (κ3) is 9.09. The van der Waals surface area contributed by atoms with E-state index in [4.69, 9.17) is 14.2 Å². The summed E-state index contributed by atoms with van der Waals surface area (Å²) in [6.45, 7) is -0.0743. The van der Waals surface area contributed by atoms with Crippen LogP contribution in [0, 0.1) is 0 Å². The van der Waals surface area contributed by atoms with Gasteiger partial charge in [-0.05, 0) is 49.2 Å². The summed E-state index contributed by atoms with van der Waals surface area (Å²) in [4.78, 5) is 41.3. The first kappa shape index (κ1) is 40.0. The van der Waals surface area contributed by atoms with Crippen molar-refractivity contribution in [2.75, 3.05) is 23.7 Å². The molecule has 8 rings (SSSR count). The first-order valence-electron chi connectivity index (χ1n) is 18.2. The molecule has 0 saturated heterocycles. The highest BCUT2D eigenvalue weighted by Gasteiger charge is 2.36. The molecule has 308 valence electrons. The molecule has 0 amide bonds. The quantitative estimate of drug-likeness (QED) is 0.0992. The largest absolute Gasteiger partial charge is 0.450 e. The molecule has 0 aliphatic rings. The standard InChI is InChI=1S/C40H28F6N12O3/c41-39(42,43)25-11-15-53-37(23(25)9-13-49-33-31-35(57-21-55-33)51-19-17-47-31)60-29-7-3-1-5-27(29)59-28-6-2-4-8-30(28)61-38-24(26(12-16-54-38)40(44,45)46)10-14-50-34-32-36(58-22-56-34)52-20-18-48-32/h1-8,11-12,15-22H,9-10,13-14H2,(H,49,51,55,57)(H,50,52,56,58). The number of hydrogen-bond donors (Lipinski definition) is 2. The number of halogens is 6. The molecule has 0 saturated carbocycles. The number of benzene rings is 2. The summed E-state index contributed by atoms with van der Waals surface area (Å²) in [5.41, 5.74) is -1.20. The second-order valence-electron chi connectivity index (χ2n) is 12.7. The predicted octanol–water partition coefficient (Wildman–Crippen LogP) is 8.67. The Balaban J connectivity index is 1.04. The number of hydrogen-bond acceptors (Lipinski definition) is 15. The first-order chi connectivity index (χ1) is 29.5. The zero-order valence-electron chi connectivity index (χ0n) is 31.2. The average molecular weight is 839 g/mol. The molecular formula is C40H28F6N12O3. The number of alkyl halides is 6. The highest BCUT2D eigenvalue weighted by atomic mass is 19.4. The van der Waals surface area contributed by atoms with Crippen molar-refractivity contribution in [2.24, 2.45) is 0 Å². The molecule has 0 aliphatic carbocycles. The van der Waals surface area contributed by atoms with Gasteiger partial charge in [0.15, 0.2) is 45.9 Å². The maximum Gasteiger partial charge on any atom is 0.416 e. The van der Waals surface area contributed by atoms with E-state index in [1.807, 2.05) is 0 Å². The molecule has 0 aliphatic heterocycles. The average Bonchev–Trinajstić information content (AvgIpc) is 3.25. The lowest BCUT2D eigenvalue weighted by molar-refractivity contribution is -0.139. The Morgan fingerprint density at radius 1 is 0.426 bits per heavy atom. The molecule has 0 radical (unpaired) electrons. The van der Waals surface area contributed by atoms with Crippen molar-refractivity contribution in [1.29, 1.82) is 0 Å². The van der Waals surface area contributed by atoms with E-state index in [2.05, 4.69) is 60.5 Å². The van der Waals surface area contributed by atoms with Crippen molar-refractivity contribution >= 4 is 34.0 Å². The van der Waals surface area contributed by atoms with Crippen LogP contribution >= 0.6 is 0 Å². The minimum Gasteiger partial charge on any atom is -0.450 e. The topological polar surface area (TPSA) is 181 Å². The van der Waals surface area contributed by atoms with Crippen LogP contribution in [0.3, 0.4) is 0 Å². The van der Waals surface area contributed by atoms with E-state index < -0.39 is 23.5 Å². The molecule has 0 spiro atoms. The van der Waals surface area contributed by atoms with Gasteiger partial charge in [-0.25, -0.2) is 49.8 Å². The number of ether oxygens (including phenoxy) is 3. The van der Waals surface area contributed by atoms with Crippen LogP contribution in [0.15, 0.2) is 110 Å². The van der Waals surface area contributed by atoms with Crippen LogP contribution in [0.5, 0.6) is 34.8 Å². The van der Waals surface area contributed by atoms with Gasteiger partial charge in [0.25, 0.3) is 0 Å². The molecule has 6 heterocycles. The number of nitrogens with one attached hydrogen (secondary N) is 2. The summed E-state index contributed by atoms with van der Waals surface area (Å²) < 4.78 is 105. The van der Waals surface area contributed by atoms with E-state index in [0.717, 1.165) is 24.5 Å². The van der Waals surface area contributed by atoms with E-state index in [0.29, 0.717) is 22.3 Å². The Morgan fingerprint density at radius 3 is 1.23 bits per heavy atom. The van der Waals surface area contributed by atoms with Gasteiger partial charge in [0.2, 0.25) is 11.8 Å². The lowest BCUT2D eigenvalue weighted by Crippen LogP contribution is -2.15. The molecule has 0 bridgehead atoms. The fourth-order valence-corrected chi connectivity index (χ4v) is 6.16. The first-order valence-corrected chi connectivity index (χ1v) is 18.2. The number of nitrogens with zero attached hydrogens (tertiary/aromatic N) is 10. The zero-order valence-corrected chi connectivity index (χ0v) is 31.2. The molecule has 2 N–H and O–H groups in total. The summed E-state index contributed by atoms with van der Waals surface area (Å²) in [6.07, 6.45) is 0.304. The van der Waals surface area contributed by atoms with E-state index in [-0.39, 0.29) is 83.5 Å². The highest BCUT2D eigenvalue weighted by molar-refractivity contribution is 5.82. The van der Waals surface area contributed by atoms with Crippen LogP contribution in [0.4, 0.5) is 38.0 Å². The van der Waals surface area contributed by atoms with E-state index in [9.17, 15) is 26.3 Å². The van der Waals surface area contributed by atoms with Crippen molar-refractivity contribution in [1.82, 2.24) is 49.8 Å². The van der Waals surface area contributed by atoms with Crippen LogP contribution in [0.2, 0.25) is 0 Å². The van der Waals surface area contributed by atoms with Crippen molar-refractivity contribution in [3.63, 3.8) is 0 Å². The smallest absolute Gasteiger partial charge is 0.416 e. The normalized spacial score (nSPS) is 11.7. The van der Waals surface area contributed by atoms with Gasteiger partial charge < -0.3 is 24.8 Å². The van der Waals surface area contributed by atoms with E-state index in [1.165, 1.54) is 61.7 Å². The zero-order chi connectivity index (χ0) is 42.4. The van der Waals surface area contributed by atoms with Crippen molar-refractivity contribution in [2.45, 2.75) is 25.2 Å². The Labute approximate surface area is 340 Å². The third-order valence-electron chi connectivity index (χ3n) is 8.85. The summed E-state index contributed by atoms with van der Waals surface area (Å²) in [6, 6.07) is 13.9. The highest BCUT2D eigenvalue weighted by Crippen LogP contribution is 2.43. The Hall–Kier alpha value is -7.84. The Bertz CT molecular complexity index is 2630. The van der Waals surface area contributed by atoms with Gasteiger partial charge in [-0.15, -0.1) is 0 Å². The molecule has 61 heavy (non-hydrogen) atoms. The maximum absolute atomic E-state index is 14.4. The van der Waals surface area contributed by atoms with Gasteiger partial charge in [0, 0.05) is 61.4 Å². The fraction of sp³-hybridized carbons (Fsp3) is 0.150. The molecule has 0 fully saturated rings. The van der Waals surface area contributed by atoms with Gasteiger partial charge in [-0.3, -0.25) is 0 Å². The number of aromatic nitrogens is 10. The predicted molar refractivity (Wildman–Crippen MR) is 206 cm³/mol. The summed E-state index contributed by atoms with van der Waals surface area (Å²) in [5.74, 6) is -0.163. The molecule has 0 atom stereocenters. The molecule has 8 aromatic rings. The monoisotopic (exact) mass is 838 g/mol. The van der Waals surface area contributed by atoms with Crippen LogP contribution in [-0.2, 0) is 25.2 Å². The lowest BCUT2D eigenvalue weighted by atomic mass is 10.1. The second kappa shape index (κ2) is 17.2.